The summed E-state index contributed by atoms with van der Waals surface area (Å²) in [6.45, 7) is 2.36. The van der Waals surface area contributed by atoms with Gasteiger partial charge in [0.25, 0.3) is 0 Å². The maximum atomic E-state index is 12.7. The summed E-state index contributed by atoms with van der Waals surface area (Å²) in [5, 5.41) is 8.78. The Morgan fingerprint density at radius 3 is 2.77 bits per heavy atom. The number of amides is 1. The van der Waals surface area contributed by atoms with Gasteiger partial charge in [0.15, 0.2) is 5.16 Å². The standard InChI is InChI=1S/C18H22N4O3S/c1-2-25-17(24)11-21(10-14-6-4-3-5-7-14)16(23)12-26-18-20-19-13-22(18)15-8-9-15/h3-7,13,15H,2,8-12H2,1H3. The number of benzene rings is 1. The Hall–Kier alpha value is -2.35. The van der Waals surface area contributed by atoms with Crippen LogP contribution in [0.2, 0.25) is 0 Å². The summed E-state index contributed by atoms with van der Waals surface area (Å²) in [6.07, 6.45) is 3.97. The molecule has 26 heavy (non-hydrogen) atoms. The SMILES string of the molecule is CCOC(=O)CN(Cc1ccccc1)C(=O)CSc1nncn1C1CC1. The van der Waals surface area contributed by atoms with E-state index in [9.17, 15) is 9.59 Å². The zero-order valence-corrected chi connectivity index (χ0v) is 15.5. The van der Waals surface area contributed by atoms with Gasteiger partial charge in [0, 0.05) is 12.6 Å². The maximum absolute atomic E-state index is 12.7. The molecular formula is C18H22N4O3S. The van der Waals surface area contributed by atoms with E-state index >= 15 is 0 Å². The minimum Gasteiger partial charge on any atom is -0.465 e. The molecule has 3 rings (SSSR count). The van der Waals surface area contributed by atoms with Crippen LogP contribution in [0.25, 0.3) is 0 Å². The topological polar surface area (TPSA) is 77.3 Å². The van der Waals surface area contributed by atoms with Crippen LogP contribution in [-0.4, -0.2) is 50.4 Å². The first-order valence-corrected chi connectivity index (χ1v) is 9.65. The van der Waals surface area contributed by atoms with Gasteiger partial charge < -0.3 is 14.2 Å². The number of thioether (sulfide) groups is 1. The lowest BCUT2D eigenvalue weighted by Crippen LogP contribution is -2.37. The molecule has 1 saturated carbocycles. The monoisotopic (exact) mass is 374 g/mol. The summed E-state index contributed by atoms with van der Waals surface area (Å²) in [5.74, 6) is -0.322. The van der Waals surface area contributed by atoms with E-state index in [4.69, 9.17) is 4.74 Å². The van der Waals surface area contributed by atoms with Crippen molar-refractivity contribution in [3.8, 4) is 0 Å². The van der Waals surface area contributed by atoms with Gasteiger partial charge in [-0.15, -0.1) is 10.2 Å². The Morgan fingerprint density at radius 2 is 2.08 bits per heavy atom. The van der Waals surface area contributed by atoms with Gasteiger partial charge in [0.2, 0.25) is 5.91 Å². The fraction of sp³-hybridized carbons (Fsp3) is 0.444. The molecule has 0 bridgehead atoms. The van der Waals surface area contributed by atoms with Crippen molar-refractivity contribution in [2.24, 2.45) is 0 Å². The number of carbonyl (C=O) groups is 2. The second kappa shape index (κ2) is 8.84. The molecule has 138 valence electrons. The Bertz CT molecular complexity index is 746. The number of ether oxygens (including phenoxy) is 1. The molecule has 0 unspecified atom stereocenters. The molecule has 0 spiro atoms. The van der Waals surface area contributed by atoms with E-state index in [1.54, 1.807) is 13.3 Å². The largest absolute Gasteiger partial charge is 0.465 e. The van der Waals surface area contributed by atoms with Crippen LogP contribution in [0.15, 0.2) is 41.8 Å². The number of carbonyl (C=O) groups excluding carboxylic acids is 2. The lowest BCUT2D eigenvalue weighted by molar-refractivity contribution is -0.148. The van der Waals surface area contributed by atoms with Gasteiger partial charge in [-0.2, -0.15) is 0 Å². The summed E-state index contributed by atoms with van der Waals surface area (Å²) in [7, 11) is 0. The van der Waals surface area contributed by atoms with Crippen LogP contribution < -0.4 is 0 Å². The van der Waals surface area contributed by atoms with Gasteiger partial charge in [-0.1, -0.05) is 42.1 Å². The Labute approximate surface area is 156 Å². The third-order valence-electron chi connectivity index (χ3n) is 4.00. The van der Waals surface area contributed by atoms with Gasteiger partial charge in [-0.3, -0.25) is 9.59 Å². The van der Waals surface area contributed by atoms with Crippen LogP contribution >= 0.6 is 11.8 Å². The smallest absolute Gasteiger partial charge is 0.325 e. The Kier molecular flexibility index (Phi) is 6.27. The summed E-state index contributed by atoms with van der Waals surface area (Å²) in [6, 6.07) is 10.1. The Morgan fingerprint density at radius 1 is 1.31 bits per heavy atom. The molecule has 7 nitrogen and oxygen atoms in total. The quantitative estimate of drug-likeness (QED) is 0.495. The summed E-state index contributed by atoms with van der Waals surface area (Å²) in [5.41, 5.74) is 0.969. The van der Waals surface area contributed by atoms with Gasteiger partial charge in [0.1, 0.15) is 12.9 Å². The number of aromatic nitrogens is 3. The molecule has 1 aromatic carbocycles. The van der Waals surface area contributed by atoms with Crippen molar-refractivity contribution in [1.82, 2.24) is 19.7 Å². The molecule has 0 N–H and O–H groups in total. The maximum Gasteiger partial charge on any atom is 0.325 e. The molecule has 2 aromatic rings. The highest BCUT2D eigenvalue weighted by atomic mass is 32.2. The molecule has 1 aromatic heterocycles. The molecule has 1 amide bonds. The molecule has 1 aliphatic rings. The second-order valence-corrected chi connectivity index (χ2v) is 7.02. The lowest BCUT2D eigenvalue weighted by Gasteiger charge is -2.21. The van der Waals surface area contributed by atoms with Crippen LogP contribution in [0.3, 0.4) is 0 Å². The van der Waals surface area contributed by atoms with Crippen LogP contribution in [0.5, 0.6) is 0 Å². The van der Waals surface area contributed by atoms with Crippen molar-refractivity contribution in [1.29, 1.82) is 0 Å². The molecule has 8 heteroatoms. The number of hydrogen-bond acceptors (Lipinski definition) is 6. The fourth-order valence-corrected chi connectivity index (χ4v) is 3.44. The highest BCUT2D eigenvalue weighted by Crippen LogP contribution is 2.37. The summed E-state index contributed by atoms with van der Waals surface area (Å²) >= 11 is 1.36. The predicted octanol–water partition coefficient (Wildman–Crippen LogP) is 2.30. The van der Waals surface area contributed by atoms with Gasteiger partial charge in [-0.25, -0.2) is 0 Å². The minimum absolute atomic E-state index is 0.0581. The van der Waals surface area contributed by atoms with Crippen LogP contribution in [-0.2, 0) is 20.9 Å². The lowest BCUT2D eigenvalue weighted by atomic mass is 10.2. The molecule has 1 aliphatic carbocycles. The van der Waals surface area contributed by atoms with E-state index in [2.05, 4.69) is 10.2 Å². The predicted molar refractivity (Wildman–Crippen MR) is 97.5 cm³/mol. The zero-order chi connectivity index (χ0) is 18.4. The highest BCUT2D eigenvalue weighted by Gasteiger charge is 2.27. The van der Waals surface area contributed by atoms with Crippen LogP contribution in [0.1, 0.15) is 31.4 Å². The second-order valence-electron chi connectivity index (χ2n) is 6.08. The fourth-order valence-electron chi connectivity index (χ4n) is 2.55. The van der Waals surface area contributed by atoms with E-state index in [1.165, 1.54) is 16.7 Å². The molecule has 0 radical (unpaired) electrons. The van der Waals surface area contributed by atoms with Gasteiger partial charge in [0.05, 0.1) is 12.4 Å². The van der Waals surface area contributed by atoms with Crippen molar-refractivity contribution in [2.45, 2.75) is 37.5 Å². The van der Waals surface area contributed by atoms with Crippen molar-refractivity contribution in [3.05, 3.63) is 42.2 Å². The molecular weight excluding hydrogens is 352 g/mol. The molecule has 1 fully saturated rings. The number of nitrogens with zero attached hydrogens (tertiary/aromatic N) is 4. The van der Waals surface area contributed by atoms with E-state index in [1.807, 2.05) is 34.9 Å². The normalized spacial score (nSPS) is 13.4. The summed E-state index contributed by atoms with van der Waals surface area (Å²) < 4.78 is 7.02. The minimum atomic E-state index is -0.400. The Balaban J connectivity index is 1.63. The van der Waals surface area contributed by atoms with Crippen molar-refractivity contribution < 1.29 is 14.3 Å². The molecule has 0 saturated heterocycles. The van der Waals surface area contributed by atoms with Crippen LogP contribution in [0.4, 0.5) is 0 Å². The first-order chi connectivity index (χ1) is 12.7. The van der Waals surface area contributed by atoms with E-state index < -0.39 is 5.97 Å². The number of rotatable bonds is 9. The van der Waals surface area contributed by atoms with Crippen LogP contribution in [0, 0.1) is 0 Å². The molecule has 1 heterocycles. The first kappa shape index (κ1) is 18.4. The van der Waals surface area contributed by atoms with Crippen molar-refractivity contribution in [3.63, 3.8) is 0 Å². The van der Waals surface area contributed by atoms with E-state index in [0.29, 0.717) is 19.2 Å². The highest BCUT2D eigenvalue weighted by molar-refractivity contribution is 7.99. The van der Waals surface area contributed by atoms with Crippen molar-refractivity contribution in [2.75, 3.05) is 18.9 Å². The van der Waals surface area contributed by atoms with Gasteiger partial charge in [-0.05, 0) is 25.3 Å². The van der Waals surface area contributed by atoms with E-state index in [0.717, 1.165) is 23.6 Å². The third kappa shape index (κ3) is 5.08. The van der Waals surface area contributed by atoms with Crippen molar-refractivity contribution >= 4 is 23.6 Å². The average molecular weight is 374 g/mol. The number of hydrogen-bond donors (Lipinski definition) is 0. The first-order valence-electron chi connectivity index (χ1n) is 8.67. The average Bonchev–Trinajstić information content (AvgIpc) is 3.38. The number of esters is 1. The zero-order valence-electron chi connectivity index (χ0n) is 14.7. The van der Waals surface area contributed by atoms with Gasteiger partial charge >= 0.3 is 5.97 Å². The van der Waals surface area contributed by atoms with E-state index in [-0.39, 0.29) is 18.2 Å². The molecule has 0 atom stereocenters. The third-order valence-corrected chi connectivity index (χ3v) is 4.94. The summed E-state index contributed by atoms with van der Waals surface area (Å²) in [4.78, 5) is 26.1. The molecule has 0 aliphatic heterocycles.